The molecule has 1 heterocycles. The number of hydrogen-bond donors (Lipinski definition) is 2. The van der Waals surface area contributed by atoms with Crippen LogP contribution in [0.4, 0.5) is 4.39 Å². The highest BCUT2D eigenvalue weighted by Crippen LogP contribution is 2.24. The fourth-order valence-electron chi connectivity index (χ4n) is 2.74. The number of rotatable bonds is 4. The van der Waals surface area contributed by atoms with E-state index >= 15 is 0 Å². The van der Waals surface area contributed by atoms with Crippen LogP contribution in [0.15, 0.2) is 51.9 Å². The minimum atomic E-state index is -0.361. The zero-order chi connectivity index (χ0) is 18.5. The van der Waals surface area contributed by atoms with Gasteiger partial charge in [-0.1, -0.05) is 18.2 Å². The third-order valence-electron chi connectivity index (χ3n) is 4.20. The number of halogens is 2. The van der Waals surface area contributed by atoms with Crippen molar-refractivity contribution in [2.45, 2.75) is 20.0 Å². The van der Waals surface area contributed by atoms with Gasteiger partial charge in [0.25, 0.3) is 0 Å². The quantitative estimate of drug-likeness (QED) is 0.335. The fourth-order valence-corrected chi connectivity index (χ4v) is 2.74. The zero-order valence-corrected chi connectivity index (χ0v) is 17.4. The molecular weight excluding hydrogens is 458 g/mol. The van der Waals surface area contributed by atoms with Crippen molar-refractivity contribution in [1.29, 1.82) is 5.26 Å². The normalized spacial score (nSPS) is 11.0. The van der Waals surface area contributed by atoms with Gasteiger partial charge in [-0.2, -0.15) is 5.26 Å². The maximum absolute atomic E-state index is 13.9. The van der Waals surface area contributed by atoms with Gasteiger partial charge in [-0.25, -0.2) is 4.39 Å². The van der Waals surface area contributed by atoms with Crippen molar-refractivity contribution >= 4 is 40.9 Å². The molecule has 0 bridgehead atoms. The molecule has 0 unspecified atom stereocenters. The van der Waals surface area contributed by atoms with Gasteiger partial charge >= 0.3 is 0 Å². The van der Waals surface area contributed by atoms with Crippen molar-refractivity contribution in [3.63, 3.8) is 0 Å². The predicted molar refractivity (Wildman–Crippen MR) is 115 cm³/mol. The summed E-state index contributed by atoms with van der Waals surface area (Å²) in [6.45, 7) is 2.70. The number of fused-ring (bicyclic) bond motifs is 1. The molecule has 0 saturated heterocycles. The molecule has 5 nitrogen and oxygen atoms in total. The summed E-state index contributed by atoms with van der Waals surface area (Å²) in [6, 6.07) is 14.2. The Hall–Kier alpha value is -2.60. The van der Waals surface area contributed by atoms with Gasteiger partial charge in [-0.3, -0.25) is 4.99 Å². The number of nitrogens with zero attached hydrogens (tertiary/aromatic N) is 2. The average Bonchev–Trinajstić information content (AvgIpc) is 2.99. The van der Waals surface area contributed by atoms with Crippen LogP contribution in [0.2, 0.25) is 0 Å². The van der Waals surface area contributed by atoms with E-state index in [1.54, 1.807) is 7.05 Å². The molecule has 0 saturated carbocycles. The van der Waals surface area contributed by atoms with Crippen molar-refractivity contribution in [3.05, 3.63) is 70.7 Å². The standard InChI is InChI=1S/C20H19FN4O.HI/c1-13-16-5-3-4-6-18(16)26-19(13)12-25-20(23-2)24-11-15-9-14(10-22)7-8-17(15)21;/h3-9H,11-12H2,1-2H3,(H2,23,24,25);1H. The molecule has 3 aromatic rings. The summed E-state index contributed by atoms with van der Waals surface area (Å²) in [7, 11) is 1.64. The smallest absolute Gasteiger partial charge is 0.191 e. The highest BCUT2D eigenvalue weighted by atomic mass is 127. The second kappa shape index (κ2) is 9.37. The Morgan fingerprint density at radius 1 is 1.19 bits per heavy atom. The minimum Gasteiger partial charge on any atom is -0.459 e. The minimum absolute atomic E-state index is 0. The van der Waals surface area contributed by atoms with E-state index in [1.165, 1.54) is 18.2 Å². The maximum Gasteiger partial charge on any atom is 0.191 e. The molecule has 0 spiro atoms. The van der Waals surface area contributed by atoms with Gasteiger partial charge in [0.1, 0.15) is 17.2 Å². The summed E-state index contributed by atoms with van der Waals surface area (Å²) in [4.78, 5) is 4.14. The molecule has 0 amide bonds. The highest BCUT2D eigenvalue weighted by molar-refractivity contribution is 14.0. The lowest BCUT2D eigenvalue weighted by atomic mass is 10.1. The first-order chi connectivity index (χ1) is 12.6. The van der Waals surface area contributed by atoms with Crippen molar-refractivity contribution in [2.75, 3.05) is 7.05 Å². The molecular formula is C20H20FIN4O. The van der Waals surface area contributed by atoms with Crippen LogP contribution in [0.5, 0.6) is 0 Å². The Morgan fingerprint density at radius 3 is 2.63 bits per heavy atom. The van der Waals surface area contributed by atoms with Crippen LogP contribution >= 0.6 is 24.0 Å². The monoisotopic (exact) mass is 478 g/mol. The maximum atomic E-state index is 13.9. The van der Waals surface area contributed by atoms with Crippen molar-refractivity contribution in [1.82, 2.24) is 10.6 Å². The summed E-state index contributed by atoms with van der Waals surface area (Å²) in [6.07, 6.45) is 0. The molecule has 0 aliphatic carbocycles. The number of aliphatic imine (C=N–C) groups is 1. The first-order valence-electron chi connectivity index (χ1n) is 8.22. The van der Waals surface area contributed by atoms with Gasteiger partial charge < -0.3 is 15.1 Å². The van der Waals surface area contributed by atoms with E-state index in [0.717, 1.165) is 22.3 Å². The predicted octanol–water partition coefficient (Wildman–Crippen LogP) is 4.24. The zero-order valence-electron chi connectivity index (χ0n) is 15.0. The van der Waals surface area contributed by atoms with E-state index in [2.05, 4.69) is 15.6 Å². The number of hydrogen-bond acceptors (Lipinski definition) is 3. The Kier molecular flexibility index (Phi) is 7.19. The Bertz CT molecular complexity index is 1010. The molecule has 27 heavy (non-hydrogen) atoms. The average molecular weight is 478 g/mol. The molecule has 3 rings (SSSR count). The van der Waals surface area contributed by atoms with E-state index in [4.69, 9.17) is 9.68 Å². The molecule has 140 valence electrons. The lowest BCUT2D eigenvalue weighted by Crippen LogP contribution is -2.36. The van der Waals surface area contributed by atoms with E-state index in [-0.39, 0.29) is 36.3 Å². The van der Waals surface area contributed by atoms with E-state index in [1.807, 2.05) is 37.3 Å². The number of aryl methyl sites for hydroxylation is 1. The van der Waals surface area contributed by atoms with E-state index in [0.29, 0.717) is 23.6 Å². The van der Waals surface area contributed by atoms with Gasteiger partial charge in [0.2, 0.25) is 0 Å². The van der Waals surface area contributed by atoms with Crippen LogP contribution in [0.3, 0.4) is 0 Å². The van der Waals surface area contributed by atoms with Gasteiger partial charge in [0, 0.05) is 30.1 Å². The molecule has 2 aromatic carbocycles. The van der Waals surface area contributed by atoms with Gasteiger partial charge in [0.15, 0.2) is 5.96 Å². The van der Waals surface area contributed by atoms with E-state index < -0.39 is 0 Å². The lowest BCUT2D eigenvalue weighted by Gasteiger charge is -2.12. The summed E-state index contributed by atoms with van der Waals surface area (Å²) < 4.78 is 19.7. The third kappa shape index (κ3) is 4.77. The number of para-hydroxylation sites is 1. The van der Waals surface area contributed by atoms with Crippen molar-refractivity contribution < 1.29 is 8.81 Å². The Labute approximate surface area is 174 Å². The largest absolute Gasteiger partial charge is 0.459 e. The van der Waals surface area contributed by atoms with E-state index in [9.17, 15) is 4.39 Å². The first-order valence-corrected chi connectivity index (χ1v) is 8.22. The van der Waals surface area contributed by atoms with Crippen LogP contribution in [0.1, 0.15) is 22.5 Å². The molecule has 0 aliphatic rings. The highest BCUT2D eigenvalue weighted by Gasteiger charge is 2.11. The van der Waals surface area contributed by atoms with Crippen LogP contribution < -0.4 is 10.6 Å². The molecule has 0 radical (unpaired) electrons. The van der Waals surface area contributed by atoms with Crippen LogP contribution in [0.25, 0.3) is 11.0 Å². The van der Waals surface area contributed by atoms with Gasteiger partial charge in [-0.05, 0) is 31.2 Å². The molecule has 2 N–H and O–H groups in total. The second-order valence-electron chi connectivity index (χ2n) is 5.84. The number of nitrogens with one attached hydrogen (secondary N) is 2. The SMILES string of the molecule is CN=C(NCc1cc(C#N)ccc1F)NCc1oc2ccccc2c1C.I. The van der Waals surface area contributed by atoms with Crippen LogP contribution in [-0.4, -0.2) is 13.0 Å². The third-order valence-corrected chi connectivity index (χ3v) is 4.20. The van der Waals surface area contributed by atoms with Crippen molar-refractivity contribution in [2.24, 2.45) is 4.99 Å². The number of benzene rings is 2. The summed E-state index contributed by atoms with van der Waals surface area (Å²) in [5.41, 5.74) is 2.76. The number of furan rings is 1. The first kappa shape index (κ1) is 20.7. The van der Waals surface area contributed by atoms with Gasteiger partial charge in [0.05, 0.1) is 18.2 Å². The molecule has 7 heteroatoms. The van der Waals surface area contributed by atoms with Crippen LogP contribution in [-0.2, 0) is 13.1 Å². The molecule has 1 aromatic heterocycles. The lowest BCUT2D eigenvalue weighted by molar-refractivity contribution is 0.534. The Morgan fingerprint density at radius 2 is 1.93 bits per heavy atom. The second-order valence-corrected chi connectivity index (χ2v) is 5.84. The Balaban J connectivity index is 0.00000261. The fraction of sp³-hybridized carbons (Fsp3) is 0.200. The van der Waals surface area contributed by atoms with Crippen LogP contribution in [0, 0.1) is 24.1 Å². The summed E-state index contributed by atoms with van der Waals surface area (Å²) >= 11 is 0. The topological polar surface area (TPSA) is 73.3 Å². The number of nitriles is 1. The molecule has 0 atom stereocenters. The molecule has 0 aliphatic heterocycles. The summed E-state index contributed by atoms with van der Waals surface area (Å²) in [5, 5.41) is 16.2. The molecule has 0 fully saturated rings. The van der Waals surface area contributed by atoms with Gasteiger partial charge in [-0.15, -0.1) is 24.0 Å². The van der Waals surface area contributed by atoms with Crippen molar-refractivity contribution in [3.8, 4) is 6.07 Å². The summed E-state index contributed by atoms with van der Waals surface area (Å²) in [5.74, 6) is 0.985. The number of guanidine groups is 1.